The second kappa shape index (κ2) is 8.15. The van der Waals surface area contributed by atoms with Gasteiger partial charge in [-0.05, 0) is 30.4 Å². The summed E-state index contributed by atoms with van der Waals surface area (Å²) in [7, 11) is 0. The van der Waals surface area contributed by atoms with Gasteiger partial charge in [0, 0.05) is 0 Å². The lowest BCUT2D eigenvalue weighted by Crippen LogP contribution is -1.85. The SMILES string of the molecule is CCC=Cc1ccc(CCCCCC)cc1. The van der Waals surface area contributed by atoms with Gasteiger partial charge in [0.05, 0.1) is 0 Å². The molecular formula is C16H24. The lowest BCUT2D eigenvalue weighted by Gasteiger charge is -2.01. The molecular weight excluding hydrogens is 192 g/mol. The van der Waals surface area contributed by atoms with Crippen LogP contribution in [-0.4, -0.2) is 0 Å². The summed E-state index contributed by atoms with van der Waals surface area (Å²) in [6.45, 7) is 4.42. The highest BCUT2D eigenvalue weighted by Gasteiger charge is 1.93. The Bertz CT molecular complexity index is 292. The van der Waals surface area contributed by atoms with E-state index in [1.165, 1.54) is 43.2 Å². The highest BCUT2D eigenvalue weighted by atomic mass is 14.0. The van der Waals surface area contributed by atoms with E-state index in [-0.39, 0.29) is 0 Å². The number of aryl methyl sites for hydroxylation is 1. The van der Waals surface area contributed by atoms with E-state index in [1.807, 2.05) is 0 Å². The van der Waals surface area contributed by atoms with Gasteiger partial charge in [-0.25, -0.2) is 0 Å². The van der Waals surface area contributed by atoms with Gasteiger partial charge < -0.3 is 0 Å². The van der Waals surface area contributed by atoms with E-state index in [9.17, 15) is 0 Å². The Balaban J connectivity index is 2.36. The van der Waals surface area contributed by atoms with Crippen molar-refractivity contribution < 1.29 is 0 Å². The van der Waals surface area contributed by atoms with Gasteiger partial charge in [-0.15, -0.1) is 0 Å². The quantitative estimate of drug-likeness (QED) is 0.547. The van der Waals surface area contributed by atoms with Crippen LogP contribution in [0.15, 0.2) is 30.3 Å². The minimum atomic E-state index is 1.11. The zero-order chi connectivity index (χ0) is 11.6. The van der Waals surface area contributed by atoms with Crippen molar-refractivity contribution >= 4 is 6.08 Å². The standard InChI is InChI=1S/C16H24/c1-3-5-7-8-10-16-13-11-15(12-14-16)9-6-4-2/h6,9,11-14H,3-5,7-8,10H2,1-2H3. The maximum absolute atomic E-state index is 2.27. The molecule has 1 aromatic rings. The third-order valence-electron chi connectivity index (χ3n) is 2.84. The van der Waals surface area contributed by atoms with Crippen LogP contribution >= 0.6 is 0 Å². The molecule has 0 N–H and O–H groups in total. The van der Waals surface area contributed by atoms with Gasteiger partial charge in [-0.1, -0.05) is 69.5 Å². The van der Waals surface area contributed by atoms with Crippen LogP contribution in [0.2, 0.25) is 0 Å². The summed E-state index contributed by atoms with van der Waals surface area (Å²) in [5.41, 5.74) is 2.80. The van der Waals surface area contributed by atoms with E-state index in [0.717, 1.165) is 6.42 Å². The van der Waals surface area contributed by atoms with Crippen molar-refractivity contribution in [2.75, 3.05) is 0 Å². The molecule has 0 aromatic heterocycles. The van der Waals surface area contributed by atoms with Crippen LogP contribution in [0.4, 0.5) is 0 Å². The van der Waals surface area contributed by atoms with Crippen molar-refractivity contribution in [3.8, 4) is 0 Å². The average Bonchev–Trinajstić information content (AvgIpc) is 2.33. The fourth-order valence-electron chi connectivity index (χ4n) is 1.81. The van der Waals surface area contributed by atoms with Crippen molar-refractivity contribution in [1.29, 1.82) is 0 Å². The van der Waals surface area contributed by atoms with Crippen molar-refractivity contribution in [1.82, 2.24) is 0 Å². The zero-order valence-corrected chi connectivity index (χ0v) is 10.7. The van der Waals surface area contributed by atoms with Crippen LogP contribution in [0.1, 0.15) is 57.1 Å². The van der Waals surface area contributed by atoms with Gasteiger partial charge in [-0.3, -0.25) is 0 Å². The molecule has 0 fully saturated rings. The van der Waals surface area contributed by atoms with E-state index in [2.05, 4.69) is 50.3 Å². The van der Waals surface area contributed by atoms with Crippen LogP contribution in [0.3, 0.4) is 0 Å². The summed E-state index contributed by atoms with van der Waals surface area (Å²) < 4.78 is 0. The van der Waals surface area contributed by atoms with Crippen LogP contribution in [0.5, 0.6) is 0 Å². The monoisotopic (exact) mass is 216 g/mol. The Morgan fingerprint density at radius 2 is 1.69 bits per heavy atom. The number of hydrogen-bond acceptors (Lipinski definition) is 0. The van der Waals surface area contributed by atoms with Gasteiger partial charge in [0.2, 0.25) is 0 Å². The molecule has 0 bridgehead atoms. The fourth-order valence-corrected chi connectivity index (χ4v) is 1.81. The van der Waals surface area contributed by atoms with Crippen molar-refractivity contribution in [2.45, 2.75) is 52.4 Å². The highest BCUT2D eigenvalue weighted by molar-refractivity contribution is 5.49. The first-order chi connectivity index (χ1) is 7.86. The normalized spacial score (nSPS) is 11.1. The Hall–Kier alpha value is -1.04. The lowest BCUT2D eigenvalue weighted by atomic mass is 10.0. The van der Waals surface area contributed by atoms with E-state index < -0.39 is 0 Å². The second-order valence-electron chi connectivity index (χ2n) is 4.36. The summed E-state index contributed by atoms with van der Waals surface area (Å²) in [6, 6.07) is 8.98. The molecule has 1 aromatic carbocycles. The highest BCUT2D eigenvalue weighted by Crippen LogP contribution is 2.10. The number of unbranched alkanes of at least 4 members (excludes halogenated alkanes) is 3. The predicted octanol–water partition coefficient (Wildman–Crippen LogP) is 5.23. The Morgan fingerprint density at radius 1 is 0.938 bits per heavy atom. The molecule has 0 saturated carbocycles. The van der Waals surface area contributed by atoms with E-state index in [0.29, 0.717) is 0 Å². The summed E-state index contributed by atoms with van der Waals surface area (Å²) in [5, 5.41) is 0. The molecule has 1 rings (SSSR count). The van der Waals surface area contributed by atoms with Gasteiger partial charge in [0.15, 0.2) is 0 Å². The number of allylic oxidation sites excluding steroid dienone is 1. The first kappa shape index (κ1) is 13.0. The summed E-state index contributed by atoms with van der Waals surface area (Å²) in [4.78, 5) is 0. The van der Waals surface area contributed by atoms with Crippen LogP contribution in [0.25, 0.3) is 6.08 Å². The summed E-state index contributed by atoms with van der Waals surface area (Å²) in [5.74, 6) is 0. The van der Waals surface area contributed by atoms with Crippen molar-refractivity contribution in [3.05, 3.63) is 41.5 Å². The summed E-state index contributed by atoms with van der Waals surface area (Å²) >= 11 is 0. The molecule has 0 radical (unpaired) electrons. The molecule has 0 nitrogen and oxygen atoms in total. The maximum Gasteiger partial charge on any atom is -0.0260 e. The Kier molecular flexibility index (Phi) is 6.64. The molecule has 0 unspecified atom stereocenters. The lowest BCUT2D eigenvalue weighted by molar-refractivity contribution is 0.667. The Labute approximate surface area is 100 Å². The van der Waals surface area contributed by atoms with Gasteiger partial charge in [-0.2, -0.15) is 0 Å². The molecule has 0 amide bonds. The molecule has 0 aliphatic carbocycles. The molecule has 0 aliphatic heterocycles. The minimum Gasteiger partial charge on any atom is -0.0842 e. The molecule has 16 heavy (non-hydrogen) atoms. The average molecular weight is 216 g/mol. The third kappa shape index (κ3) is 5.16. The molecule has 0 aliphatic rings. The van der Waals surface area contributed by atoms with E-state index in [4.69, 9.17) is 0 Å². The smallest absolute Gasteiger partial charge is 0.0260 e. The number of hydrogen-bond donors (Lipinski definition) is 0. The molecule has 0 spiro atoms. The van der Waals surface area contributed by atoms with Crippen LogP contribution < -0.4 is 0 Å². The Morgan fingerprint density at radius 3 is 2.31 bits per heavy atom. The predicted molar refractivity (Wildman–Crippen MR) is 73.6 cm³/mol. The second-order valence-corrected chi connectivity index (χ2v) is 4.36. The molecule has 88 valence electrons. The van der Waals surface area contributed by atoms with Crippen molar-refractivity contribution in [3.63, 3.8) is 0 Å². The summed E-state index contributed by atoms with van der Waals surface area (Å²) in [6.07, 6.45) is 12.1. The first-order valence-electron chi connectivity index (χ1n) is 6.62. The van der Waals surface area contributed by atoms with Gasteiger partial charge >= 0.3 is 0 Å². The minimum absolute atomic E-state index is 1.11. The van der Waals surface area contributed by atoms with Gasteiger partial charge in [0.1, 0.15) is 0 Å². The molecule has 0 heteroatoms. The molecule has 0 saturated heterocycles. The van der Waals surface area contributed by atoms with Crippen molar-refractivity contribution in [2.24, 2.45) is 0 Å². The largest absolute Gasteiger partial charge is 0.0842 e. The molecule has 0 heterocycles. The third-order valence-corrected chi connectivity index (χ3v) is 2.84. The maximum atomic E-state index is 2.27. The molecule has 0 atom stereocenters. The van der Waals surface area contributed by atoms with E-state index in [1.54, 1.807) is 0 Å². The number of rotatable bonds is 7. The van der Waals surface area contributed by atoms with Crippen LogP contribution in [0, 0.1) is 0 Å². The topological polar surface area (TPSA) is 0 Å². The van der Waals surface area contributed by atoms with Gasteiger partial charge in [0.25, 0.3) is 0 Å². The van der Waals surface area contributed by atoms with E-state index >= 15 is 0 Å². The number of benzene rings is 1. The van der Waals surface area contributed by atoms with Crippen LogP contribution in [-0.2, 0) is 6.42 Å². The fraction of sp³-hybridized carbons (Fsp3) is 0.500. The zero-order valence-electron chi connectivity index (χ0n) is 10.7. The first-order valence-corrected chi connectivity index (χ1v) is 6.62.